The summed E-state index contributed by atoms with van der Waals surface area (Å²) in [6.45, 7) is 1.61. The van der Waals surface area contributed by atoms with Crippen LogP contribution in [0.4, 0.5) is 0 Å². The van der Waals surface area contributed by atoms with E-state index in [1.165, 1.54) is 18.2 Å². The van der Waals surface area contributed by atoms with Crippen LogP contribution in [0.1, 0.15) is 18.1 Å². The Morgan fingerprint density at radius 2 is 1.82 bits per heavy atom. The van der Waals surface area contributed by atoms with Crippen LogP contribution < -0.4 is 0 Å². The van der Waals surface area contributed by atoms with Crippen LogP contribution in [0.25, 0.3) is 0 Å². The molecule has 0 amide bonds. The minimum absolute atomic E-state index is 0.0164. The molecule has 2 rings (SSSR count). The number of nitrogens with zero attached hydrogens (tertiary/aromatic N) is 1. The topological polar surface area (TPSA) is 90.1 Å². The standard InChI is InChI=1S/C17H17NO4/c1-11(14-10-13(19)7-8-16(14)20)18-15(17(21)22)9-12-5-3-2-4-6-12/h2-8,10,15,19-20H,9H2,1H3,(H,21,22)/b18-11+. The van der Waals surface area contributed by atoms with Gasteiger partial charge in [-0.1, -0.05) is 30.3 Å². The van der Waals surface area contributed by atoms with Crippen LogP contribution in [0.5, 0.6) is 11.5 Å². The van der Waals surface area contributed by atoms with Crippen LogP contribution in [0.3, 0.4) is 0 Å². The number of aliphatic carboxylic acids is 1. The minimum Gasteiger partial charge on any atom is -0.508 e. The fourth-order valence-corrected chi connectivity index (χ4v) is 2.14. The normalized spacial score (nSPS) is 12.9. The summed E-state index contributed by atoms with van der Waals surface area (Å²) in [5, 5.41) is 28.6. The smallest absolute Gasteiger partial charge is 0.328 e. The zero-order valence-electron chi connectivity index (χ0n) is 12.1. The molecule has 5 heteroatoms. The lowest BCUT2D eigenvalue weighted by atomic mass is 10.1. The van der Waals surface area contributed by atoms with Crippen molar-refractivity contribution < 1.29 is 20.1 Å². The van der Waals surface area contributed by atoms with E-state index < -0.39 is 12.0 Å². The summed E-state index contributed by atoms with van der Waals surface area (Å²) in [7, 11) is 0. The fraction of sp³-hybridized carbons (Fsp3) is 0.176. The van der Waals surface area contributed by atoms with E-state index >= 15 is 0 Å². The Balaban J connectivity index is 2.29. The van der Waals surface area contributed by atoms with Crippen LogP contribution in [0.15, 0.2) is 53.5 Å². The molecule has 1 unspecified atom stereocenters. The maximum absolute atomic E-state index is 11.4. The first-order valence-electron chi connectivity index (χ1n) is 6.81. The van der Waals surface area contributed by atoms with Gasteiger partial charge < -0.3 is 15.3 Å². The van der Waals surface area contributed by atoms with Crippen molar-refractivity contribution in [2.75, 3.05) is 0 Å². The lowest BCUT2D eigenvalue weighted by Gasteiger charge is -2.11. The van der Waals surface area contributed by atoms with Crippen molar-refractivity contribution >= 4 is 11.7 Å². The Morgan fingerprint density at radius 3 is 2.45 bits per heavy atom. The van der Waals surface area contributed by atoms with Crippen molar-refractivity contribution in [3.63, 3.8) is 0 Å². The van der Waals surface area contributed by atoms with Gasteiger partial charge in [0.15, 0.2) is 6.04 Å². The van der Waals surface area contributed by atoms with E-state index in [9.17, 15) is 20.1 Å². The average Bonchev–Trinajstić information content (AvgIpc) is 2.50. The van der Waals surface area contributed by atoms with Gasteiger partial charge in [-0.3, -0.25) is 4.99 Å². The molecule has 0 aromatic heterocycles. The molecule has 3 N–H and O–H groups in total. The first-order chi connectivity index (χ1) is 10.5. The number of hydrogen-bond acceptors (Lipinski definition) is 4. The van der Waals surface area contributed by atoms with E-state index in [0.717, 1.165) is 5.56 Å². The number of hydrogen-bond donors (Lipinski definition) is 3. The second-order valence-electron chi connectivity index (χ2n) is 4.96. The van der Waals surface area contributed by atoms with E-state index in [4.69, 9.17) is 0 Å². The van der Waals surface area contributed by atoms with Gasteiger partial charge in [-0.15, -0.1) is 0 Å². The van der Waals surface area contributed by atoms with Gasteiger partial charge in [0.2, 0.25) is 0 Å². The predicted molar refractivity (Wildman–Crippen MR) is 83.6 cm³/mol. The van der Waals surface area contributed by atoms with Gasteiger partial charge in [-0.05, 0) is 30.7 Å². The molecule has 5 nitrogen and oxygen atoms in total. The number of carboxylic acids is 1. The Hall–Kier alpha value is -2.82. The quantitative estimate of drug-likeness (QED) is 0.584. The number of aliphatic imine (C=N–C) groups is 1. The summed E-state index contributed by atoms with van der Waals surface area (Å²) in [6.07, 6.45) is 0.257. The van der Waals surface area contributed by atoms with Gasteiger partial charge in [-0.25, -0.2) is 4.79 Å². The monoisotopic (exact) mass is 299 g/mol. The van der Waals surface area contributed by atoms with Crippen molar-refractivity contribution in [3.8, 4) is 11.5 Å². The summed E-state index contributed by atoms with van der Waals surface area (Å²) in [5.41, 5.74) is 1.54. The van der Waals surface area contributed by atoms with Gasteiger partial charge in [0.05, 0.1) is 0 Å². The van der Waals surface area contributed by atoms with Crippen molar-refractivity contribution in [1.82, 2.24) is 0 Å². The first kappa shape index (κ1) is 15.6. The maximum atomic E-state index is 11.4. The second kappa shape index (κ2) is 6.76. The highest BCUT2D eigenvalue weighted by atomic mass is 16.4. The zero-order chi connectivity index (χ0) is 16.1. The predicted octanol–water partition coefficient (Wildman–Crippen LogP) is 2.60. The lowest BCUT2D eigenvalue weighted by Crippen LogP contribution is -2.22. The third-order valence-corrected chi connectivity index (χ3v) is 3.28. The maximum Gasteiger partial charge on any atom is 0.328 e. The highest BCUT2D eigenvalue weighted by Gasteiger charge is 2.18. The molecule has 2 aromatic rings. The van der Waals surface area contributed by atoms with Crippen LogP contribution in [0, 0.1) is 0 Å². The van der Waals surface area contributed by atoms with Crippen LogP contribution >= 0.6 is 0 Å². The molecular formula is C17H17NO4. The third kappa shape index (κ3) is 3.85. The first-order valence-corrected chi connectivity index (χ1v) is 6.81. The molecule has 0 bridgehead atoms. The number of aromatic hydroxyl groups is 2. The van der Waals surface area contributed by atoms with E-state index in [1.54, 1.807) is 6.92 Å². The van der Waals surface area contributed by atoms with Crippen molar-refractivity contribution in [2.24, 2.45) is 4.99 Å². The number of benzene rings is 2. The minimum atomic E-state index is -1.04. The largest absolute Gasteiger partial charge is 0.508 e. The average molecular weight is 299 g/mol. The molecule has 2 aromatic carbocycles. The number of carboxylic acid groups (broad SMARTS) is 1. The highest BCUT2D eigenvalue weighted by molar-refractivity contribution is 6.02. The van der Waals surface area contributed by atoms with Crippen LogP contribution in [0.2, 0.25) is 0 Å². The Bertz CT molecular complexity index is 695. The molecule has 1 atom stereocenters. The molecule has 0 spiro atoms. The van der Waals surface area contributed by atoms with Crippen molar-refractivity contribution in [3.05, 3.63) is 59.7 Å². The Labute approximate surface area is 128 Å². The lowest BCUT2D eigenvalue weighted by molar-refractivity contribution is -0.138. The molecule has 0 saturated carbocycles. The molecular weight excluding hydrogens is 282 g/mol. The van der Waals surface area contributed by atoms with Gasteiger partial charge in [0.1, 0.15) is 11.5 Å². The molecule has 0 aliphatic heterocycles. The molecule has 0 fully saturated rings. The van der Waals surface area contributed by atoms with E-state index in [1.807, 2.05) is 30.3 Å². The van der Waals surface area contributed by atoms with E-state index in [0.29, 0.717) is 11.3 Å². The SMILES string of the molecule is C/C(=N\C(Cc1ccccc1)C(=O)O)c1cc(O)ccc1O. The number of rotatable bonds is 5. The summed E-state index contributed by atoms with van der Waals surface area (Å²) in [4.78, 5) is 15.6. The molecule has 0 aliphatic rings. The molecule has 0 heterocycles. The summed E-state index contributed by atoms with van der Waals surface area (Å²) in [6, 6.07) is 12.3. The van der Waals surface area contributed by atoms with E-state index in [-0.39, 0.29) is 17.9 Å². The zero-order valence-corrected chi connectivity index (χ0v) is 12.1. The second-order valence-corrected chi connectivity index (χ2v) is 4.96. The van der Waals surface area contributed by atoms with Gasteiger partial charge in [-0.2, -0.15) is 0 Å². The highest BCUT2D eigenvalue weighted by Crippen LogP contribution is 2.23. The molecule has 0 aliphatic carbocycles. The van der Waals surface area contributed by atoms with Gasteiger partial charge >= 0.3 is 5.97 Å². The number of carbonyl (C=O) groups is 1. The third-order valence-electron chi connectivity index (χ3n) is 3.28. The molecule has 22 heavy (non-hydrogen) atoms. The summed E-state index contributed by atoms with van der Waals surface area (Å²) < 4.78 is 0. The van der Waals surface area contributed by atoms with Gasteiger partial charge in [0.25, 0.3) is 0 Å². The van der Waals surface area contributed by atoms with E-state index in [2.05, 4.69) is 4.99 Å². The van der Waals surface area contributed by atoms with Gasteiger partial charge in [0, 0.05) is 17.7 Å². The summed E-state index contributed by atoms with van der Waals surface area (Å²) in [5.74, 6) is -1.11. The molecule has 0 saturated heterocycles. The van der Waals surface area contributed by atoms with Crippen LogP contribution in [-0.4, -0.2) is 33.0 Å². The Morgan fingerprint density at radius 1 is 1.14 bits per heavy atom. The van der Waals surface area contributed by atoms with Crippen molar-refractivity contribution in [2.45, 2.75) is 19.4 Å². The van der Waals surface area contributed by atoms with Crippen LogP contribution in [-0.2, 0) is 11.2 Å². The van der Waals surface area contributed by atoms with Crippen molar-refractivity contribution in [1.29, 1.82) is 0 Å². The number of phenols is 2. The molecule has 0 radical (unpaired) electrons. The summed E-state index contributed by atoms with van der Waals surface area (Å²) >= 11 is 0. The molecule has 114 valence electrons. The fourth-order valence-electron chi connectivity index (χ4n) is 2.14. The Kier molecular flexibility index (Phi) is 4.78. The number of phenolic OH excluding ortho intramolecular Hbond substituents is 2.